The molecule has 2 heterocycles. The van der Waals surface area contributed by atoms with Crippen LogP contribution in [0.15, 0.2) is 218 Å². The fraction of sp³-hybridized carbons (Fsp3) is 0.129. The number of aromatic nitrogens is 2. The van der Waals surface area contributed by atoms with Gasteiger partial charge in [0.05, 0.1) is 22.1 Å². The second-order valence-electron chi connectivity index (χ2n) is 19.5. The van der Waals surface area contributed by atoms with Gasteiger partial charge in [0.1, 0.15) is 0 Å². The minimum absolute atomic E-state index is 0.0905. The standard InChI is InChI=1S/C62H52N2Si/c1-61(2)40-41-62(3,4)55-42-48(38-39-54(55)61)65(45-22-10-6-11-23-45,46-24-12-7-13-25-46)47-36-34-44(35-37-47)64-56-31-16-14-26-49(56)51-29-18-30-52(60(51)64)50-28-19-33-58-59(50)53-27-15-17-32-57(53)63(58)43-20-8-5-9-21-43/h5-39,42H,40-41H2,1-4H3. The van der Waals surface area contributed by atoms with Crippen molar-refractivity contribution in [3.63, 3.8) is 0 Å². The summed E-state index contributed by atoms with van der Waals surface area (Å²) in [6, 6.07) is 82.4. The molecule has 2 nitrogen and oxygen atoms in total. The van der Waals surface area contributed by atoms with Crippen LogP contribution in [-0.2, 0) is 10.8 Å². The van der Waals surface area contributed by atoms with Crippen LogP contribution in [-0.4, -0.2) is 17.2 Å². The summed E-state index contributed by atoms with van der Waals surface area (Å²) in [7, 11) is -2.84. The third-order valence-electron chi connectivity index (χ3n) is 15.0. The van der Waals surface area contributed by atoms with E-state index < -0.39 is 8.07 Å². The predicted octanol–water partition coefficient (Wildman–Crippen LogP) is 13.3. The lowest BCUT2D eigenvalue weighted by Crippen LogP contribution is -2.74. The molecule has 11 aromatic rings. The van der Waals surface area contributed by atoms with Crippen LogP contribution >= 0.6 is 0 Å². The fourth-order valence-corrected chi connectivity index (χ4v) is 16.4. The highest BCUT2D eigenvalue weighted by molar-refractivity contribution is 7.19. The Kier molecular flexibility index (Phi) is 9.05. The second kappa shape index (κ2) is 14.9. The van der Waals surface area contributed by atoms with Gasteiger partial charge in [-0.05, 0) is 104 Å². The smallest absolute Gasteiger partial charge is 0.179 e. The van der Waals surface area contributed by atoms with Gasteiger partial charge in [-0.1, -0.05) is 204 Å². The molecule has 314 valence electrons. The number of hydrogen-bond donors (Lipinski definition) is 0. The molecule has 0 unspecified atom stereocenters. The van der Waals surface area contributed by atoms with Gasteiger partial charge in [0.2, 0.25) is 0 Å². The summed E-state index contributed by atoms with van der Waals surface area (Å²) >= 11 is 0. The molecule has 0 N–H and O–H groups in total. The van der Waals surface area contributed by atoms with Crippen LogP contribution in [0, 0.1) is 0 Å². The maximum Gasteiger partial charge on any atom is 0.179 e. The van der Waals surface area contributed by atoms with E-state index in [1.54, 1.807) is 0 Å². The molecule has 1 aliphatic rings. The molecule has 0 fully saturated rings. The molecule has 12 rings (SSSR count). The molecule has 3 heteroatoms. The van der Waals surface area contributed by atoms with Gasteiger partial charge in [-0.3, -0.25) is 0 Å². The van der Waals surface area contributed by atoms with Crippen LogP contribution in [0.25, 0.3) is 66.1 Å². The zero-order chi connectivity index (χ0) is 43.9. The van der Waals surface area contributed by atoms with E-state index in [4.69, 9.17) is 0 Å². The normalized spacial score (nSPS) is 14.6. The van der Waals surface area contributed by atoms with Gasteiger partial charge in [0, 0.05) is 38.5 Å². The first-order valence-electron chi connectivity index (χ1n) is 23.2. The summed E-state index contributed by atoms with van der Waals surface area (Å²) in [5.74, 6) is 0. The van der Waals surface area contributed by atoms with Crippen molar-refractivity contribution in [1.82, 2.24) is 9.13 Å². The largest absolute Gasteiger partial charge is 0.309 e. The molecule has 0 bridgehead atoms. The molecular weight excluding hydrogens is 801 g/mol. The van der Waals surface area contributed by atoms with E-state index in [1.807, 2.05) is 0 Å². The van der Waals surface area contributed by atoms with Gasteiger partial charge in [0.25, 0.3) is 0 Å². The average Bonchev–Trinajstić information content (AvgIpc) is 3.88. The Morgan fingerprint density at radius 3 is 1.51 bits per heavy atom. The zero-order valence-electron chi connectivity index (χ0n) is 37.6. The van der Waals surface area contributed by atoms with Crippen LogP contribution in [0.2, 0.25) is 0 Å². The Bertz CT molecular complexity index is 3540. The molecule has 0 aliphatic heterocycles. The van der Waals surface area contributed by atoms with E-state index >= 15 is 0 Å². The van der Waals surface area contributed by atoms with Crippen molar-refractivity contribution in [2.75, 3.05) is 0 Å². The molecule has 0 amide bonds. The lowest BCUT2D eigenvalue weighted by molar-refractivity contribution is 0.332. The molecule has 0 atom stereocenters. The van der Waals surface area contributed by atoms with Gasteiger partial charge in [-0.15, -0.1) is 0 Å². The monoisotopic (exact) mass is 852 g/mol. The molecule has 0 saturated heterocycles. The number of hydrogen-bond acceptors (Lipinski definition) is 0. The fourth-order valence-electron chi connectivity index (χ4n) is 11.7. The summed E-state index contributed by atoms with van der Waals surface area (Å²) < 4.78 is 4.94. The van der Waals surface area contributed by atoms with Crippen molar-refractivity contribution >= 4 is 72.4 Å². The number of fused-ring (bicyclic) bond motifs is 7. The minimum atomic E-state index is -2.84. The molecule has 0 spiro atoms. The number of rotatable bonds is 7. The van der Waals surface area contributed by atoms with E-state index in [9.17, 15) is 0 Å². The summed E-state index contributed by atoms with van der Waals surface area (Å²) in [5.41, 5.74) is 12.9. The summed E-state index contributed by atoms with van der Waals surface area (Å²) in [4.78, 5) is 0. The Morgan fingerprint density at radius 1 is 0.354 bits per heavy atom. The second-order valence-corrected chi connectivity index (χ2v) is 23.3. The first kappa shape index (κ1) is 39.4. The highest BCUT2D eigenvalue weighted by Crippen LogP contribution is 2.46. The first-order valence-corrected chi connectivity index (χ1v) is 25.2. The van der Waals surface area contributed by atoms with Gasteiger partial charge in [-0.2, -0.15) is 0 Å². The minimum Gasteiger partial charge on any atom is -0.309 e. The molecular formula is C62H52N2Si. The van der Waals surface area contributed by atoms with E-state index in [-0.39, 0.29) is 10.8 Å². The molecule has 1 aliphatic carbocycles. The molecule has 0 radical (unpaired) electrons. The Morgan fingerprint density at radius 2 is 0.831 bits per heavy atom. The summed E-state index contributed by atoms with van der Waals surface area (Å²) in [5, 5.41) is 10.6. The van der Waals surface area contributed by atoms with Crippen LogP contribution in [0.5, 0.6) is 0 Å². The van der Waals surface area contributed by atoms with Crippen molar-refractivity contribution in [1.29, 1.82) is 0 Å². The molecule has 9 aromatic carbocycles. The number of para-hydroxylation sites is 4. The quantitative estimate of drug-likeness (QED) is 0.112. The van der Waals surface area contributed by atoms with Crippen molar-refractivity contribution in [2.24, 2.45) is 0 Å². The van der Waals surface area contributed by atoms with Crippen molar-refractivity contribution < 1.29 is 0 Å². The lowest BCUT2D eigenvalue weighted by atomic mass is 9.63. The number of nitrogens with zero attached hydrogens (tertiary/aromatic N) is 2. The first-order chi connectivity index (χ1) is 31.8. The Labute approximate surface area is 383 Å². The summed E-state index contributed by atoms with van der Waals surface area (Å²) in [6.45, 7) is 9.77. The van der Waals surface area contributed by atoms with Crippen LogP contribution in [0.3, 0.4) is 0 Å². The Balaban J connectivity index is 1.11. The van der Waals surface area contributed by atoms with Crippen LogP contribution in [0.1, 0.15) is 51.7 Å². The van der Waals surface area contributed by atoms with E-state index in [0.717, 1.165) is 11.4 Å². The Hall–Kier alpha value is -7.20. The van der Waals surface area contributed by atoms with E-state index in [0.29, 0.717) is 0 Å². The zero-order valence-corrected chi connectivity index (χ0v) is 38.6. The average molecular weight is 853 g/mol. The SMILES string of the molecule is CC1(C)CCC(C)(C)c2cc([Si](c3ccccc3)(c3ccccc3)c3ccc(-n4c5ccccc5c5cccc(-c6cccc7c6c6ccccc6n7-c6ccccc6)c54)cc3)ccc21. The lowest BCUT2D eigenvalue weighted by Gasteiger charge is -2.43. The number of benzene rings is 9. The maximum atomic E-state index is 2.63. The van der Waals surface area contributed by atoms with Crippen LogP contribution < -0.4 is 20.7 Å². The highest BCUT2D eigenvalue weighted by Gasteiger charge is 2.44. The van der Waals surface area contributed by atoms with Crippen molar-refractivity contribution in [3.8, 4) is 22.5 Å². The van der Waals surface area contributed by atoms with Crippen molar-refractivity contribution in [3.05, 3.63) is 230 Å². The van der Waals surface area contributed by atoms with Crippen LogP contribution in [0.4, 0.5) is 0 Å². The highest BCUT2D eigenvalue weighted by atomic mass is 28.3. The van der Waals surface area contributed by atoms with Gasteiger partial charge < -0.3 is 9.13 Å². The molecule has 2 aromatic heterocycles. The summed E-state index contributed by atoms with van der Waals surface area (Å²) in [6.07, 6.45) is 2.38. The van der Waals surface area contributed by atoms with Gasteiger partial charge in [0.15, 0.2) is 8.07 Å². The molecule has 0 saturated carbocycles. The maximum absolute atomic E-state index is 2.84. The van der Waals surface area contributed by atoms with E-state index in [2.05, 4.69) is 255 Å². The predicted molar refractivity (Wildman–Crippen MR) is 279 cm³/mol. The van der Waals surface area contributed by atoms with Crippen molar-refractivity contribution in [2.45, 2.75) is 51.4 Å². The van der Waals surface area contributed by atoms with E-state index in [1.165, 1.54) is 99.5 Å². The third kappa shape index (κ3) is 5.99. The van der Waals surface area contributed by atoms with Gasteiger partial charge >= 0.3 is 0 Å². The third-order valence-corrected chi connectivity index (χ3v) is 19.7. The topological polar surface area (TPSA) is 9.86 Å². The molecule has 65 heavy (non-hydrogen) atoms. The van der Waals surface area contributed by atoms with Gasteiger partial charge in [-0.25, -0.2) is 0 Å².